The Kier molecular flexibility index (Phi) is 3.16. The summed E-state index contributed by atoms with van der Waals surface area (Å²) >= 11 is 0. The zero-order valence-corrected chi connectivity index (χ0v) is 11.4. The number of nitrogens with zero attached hydrogens (tertiary/aromatic N) is 2. The summed E-state index contributed by atoms with van der Waals surface area (Å²) in [5.74, 6) is 0.635. The van der Waals surface area contributed by atoms with Crippen LogP contribution < -0.4 is 5.32 Å². The topological polar surface area (TPSA) is 39.1 Å². The molecule has 4 nitrogen and oxygen atoms in total. The predicted octanol–water partition coefficient (Wildman–Crippen LogP) is 1.73. The summed E-state index contributed by atoms with van der Waals surface area (Å²) in [6.45, 7) is 8.63. The summed E-state index contributed by atoms with van der Waals surface area (Å²) in [5.41, 5.74) is 1.62. The van der Waals surface area contributed by atoms with Crippen LogP contribution in [0.3, 0.4) is 0 Å². The van der Waals surface area contributed by atoms with Gasteiger partial charge in [-0.05, 0) is 26.3 Å². The first-order chi connectivity index (χ1) is 8.71. The zero-order chi connectivity index (χ0) is 12.6. The number of imidazole rings is 1. The standard InChI is InChI=1S/C14H23N3O/c1-11(12-3-6-18-8-12)17-10-16-7-13(17)14(2)4-5-15-9-14/h7,10-12,15H,3-6,8-9H2,1-2H3. The van der Waals surface area contributed by atoms with Gasteiger partial charge < -0.3 is 14.6 Å². The number of aromatic nitrogens is 2. The van der Waals surface area contributed by atoms with Crippen LogP contribution in [-0.2, 0) is 10.2 Å². The third-order valence-electron chi connectivity index (χ3n) is 4.74. The predicted molar refractivity (Wildman–Crippen MR) is 70.7 cm³/mol. The monoisotopic (exact) mass is 249 g/mol. The van der Waals surface area contributed by atoms with Crippen LogP contribution in [0.5, 0.6) is 0 Å². The third kappa shape index (κ3) is 1.97. The van der Waals surface area contributed by atoms with Crippen LogP contribution in [-0.4, -0.2) is 35.9 Å². The summed E-state index contributed by atoms with van der Waals surface area (Å²) in [6.07, 6.45) is 6.43. The van der Waals surface area contributed by atoms with Gasteiger partial charge in [0.25, 0.3) is 0 Å². The molecule has 0 amide bonds. The first-order valence-corrected chi connectivity index (χ1v) is 7.01. The maximum absolute atomic E-state index is 5.52. The fourth-order valence-corrected chi connectivity index (χ4v) is 3.29. The van der Waals surface area contributed by atoms with Gasteiger partial charge in [-0.15, -0.1) is 0 Å². The molecule has 3 unspecified atom stereocenters. The first-order valence-electron chi connectivity index (χ1n) is 7.01. The van der Waals surface area contributed by atoms with Crippen molar-refractivity contribution in [1.29, 1.82) is 0 Å². The van der Waals surface area contributed by atoms with Crippen molar-refractivity contribution < 1.29 is 4.74 Å². The largest absolute Gasteiger partial charge is 0.381 e. The molecule has 1 aromatic rings. The second-order valence-electron chi connectivity index (χ2n) is 6.04. The van der Waals surface area contributed by atoms with Crippen LogP contribution in [0.15, 0.2) is 12.5 Å². The second kappa shape index (κ2) is 4.67. The molecule has 18 heavy (non-hydrogen) atoms. The van der Waals surface area contributed by atoms with Crippen LogP contribution >= 0.6 is 0 Å². The van der Waals surface area contributed by atoms with Crippen LogP contribution in [0.1, 0.15) is 38.4 Å². The van der Waals surface area contributed by atoms with Crippen molar-refractivity contribution in [2.24, 2.45) is 5.92 Å². The maximum atomic E-state index is 5.52. The van der Waals surface area contributed by atoms with Crippen LogP contribution in [0.2, 0.25) is 0 Å². The fraction of sp³-hybridized carbons (Fsp3) is 0.786. The summed E-state index contributed by atoms with van der Waals surface area (Å²) in [6, 6.07) is 0.488. The molecule has 4 heteroatoms. The number of hydrogen-bond donors (Lipinski definition) is 1. The van der Waals surface area contributed by atoms with E-state index < -0.39 is 0 Å². The van der Waals surface area contributed by atoms with Gasteiger partial charge in [0, 0.05) is 42.4 Å². The van der Waals surface area contributed by atoms with Crippen molar-refractivity contribution in [2.45, 2.75) is 38.1 Å². The van der Waals surface area contributed by atoms with Crippen molar-refractivity contribution in [3.8, 4) is 0 Å². The molecule has 2 aliphatic heterocycles. The molecule has 3 heterocycles. The Labute approximate surface area is 109 Å². The molecule has 2 aliphatic rings. The maximum Gasteiger partial charge on any atom is 0.0951 e. The lowest BCUT2D eigenvalue weighted by atomic mass is 9.85. The van der Waals surface area contributed by atoms with Crippen molar-refractivity contribution in [2.75, 3.05) is 26.3 Å². The molecule has 0 aromatic carbocycles. The molecule has 0 bridgehead atoms. The molecule has 1 aromatic heterocycles. The first kappa shape index (κ1) is 12.2. The zero-order valence-electron chi connectivity index (χ0n) is 11.4. The van der Waals surface area contributed by atoms with Crippen molar-refractivity contribution in [3.05, 3.63) is 18.2 Å². The minimum absolute atomic E-state index is 0.240. The van der Waals surface area contributed by atoms with Crippen LogP contribution in [0.25, 0.3) is 0 Å². The molecule has 2 saturated heterocycles. The number of rotatable bonds is 3. The van der Waals surface area contributed by atoms with Crippen LogP contribution in [0, 0.1) is 5.92 Å². The van der Waals surface area contributed by atoms with Gasteiger partial charge in [-0.25, -0.2) is 4.98 Å². The average molecular weight is 249 g/mol. The van der Waals surface area contributed by atoms with Gasteiger partial charge in [-0.1, -0.05) is 6.92 Å². The Morgan fingerprint density at radius 3 is 3.17 bits per heavy atom. The van der Waals surface area contributed by atoms with E-state index in [1.807, 2.05) is 6.33 Å². The molecule has 1 N–H and O–H groups in total. The Hall–Kier alpha value is -0.870. The Bertz CT molecular complexity index is 403. The van der Waals surface area contributed by atoms with E-state index in [1.165, 1.54) is 18.5 Å². The van der Waals surface area contributed by atoms with Crippen LogP contribution in [0.4, 0.5) is 0 Å². The van der Waals surface area contributed by atoms with Gasteiger partial charge in [-0.3, -0.25) is 0 Å². The minimum Gasteiger partial charge on any atom is -0.381 e. The van der Waals surface area contributed by atoms with E-state index in [0.29, 0.717) is 12.0 Å². The molecular formula is C14H23N3O. The summed E-state index contributed by atoms with van der Waals surface area (Å²) in [4.78, 5) is 4.40. The molecule has 3 rings (SSSR count). The van der Waals surface area contributed by atoms with Gasteiger partial charge in [-0.2, -0.15) is 0 Å². The normalized spacial score (nSPS) is 34.0. The van der Waals surface area contributed by atoms with E-state index in [4.69, 9.17) is 4.74 Å². The van der Waals surface area contributed by atoms with E-state index in [0.717, 1.165) is 26.3 Å². The van der Waals surface area contributed by atoms with E-state index in [2.05, 4.69) is 34.9 Å². The lowest BCUT2D eigenvalue weighted by molar-refractivity contribution is 0.174. The van der Waals surface area contributed by atoms with Crippen molar-refractivity contribution in [1.82, 2.24) is 14.9 Å². The number of nitrogens with one attached hydrogen (secondary N) is 1. The molecule has 0 radical (unpaired) electrons. The highest BCUT2D eigenvalue weighted by Crippen LogP contribution is 2.34. The van der Waals surface area contributed by atoms with E-state index in [9.17, 15) is 0 Å². The third-order valence-corrected chi connectivity index (χ3v) is 4.74. The van der Waals surface area contributed by atoms with E-state index in [-0.39, 0.29) is 5.41 Å². The van der Waals surface area contributed by atoms with E-state index >= 15 is 0 Å². The number of ether oxygens (including phenoxy) is 1. The molecular weight excluding hydrogens is 226 g/mol. The Morgan fingerprint density at radius 2 is 2.50 bits per heavy atom. The van der Waals surface area contributed by atoms with Gasteiger partial charge in [0.2, 0.25) is 0 Å². The molecule has 3 atom stereocenters. The second-order valence-corrected chi connectivity index (χ2v) is 6.04. The highest BCUT2D eigenvalue weighted by atomic mass is 16.5. The fourth-order valence-electron chi connectivity index (χ4n) is 3.29. The Morgan fingerprint density at radius 1 is 1.61 bits per heavy atom. The van der Waals surface area contributed by atoms with Gasteiger partial charge in [0.05, 0.1) is 12.9 Å². The smallest absolute Gasteiger partial charge is 0.0951 e. The van der Waals surface area contributed by atoms with Gasteiger partial charge in [0.1, 0.15) is 0 Å². The molecule has 0 saturated carbocycles. The lowest BCUT2D eigenvalue weighted by Crippen LogP contribution is -2.30. The minimum atomic E-state index is 0.240. The lowest BCUT2D eigenvalue weighted by Gasteiger charge is -2.29. The molecule has 100 valence electrons. The molecule has 2 fully saturated rings. The summed E-state index contributed by atoms with van der Waals surface area (Å²) in [7, 11) is 0. The molecule has 0 aliphatic carbocycles. The highest BCUT2D eigenvalue weighted by molar-refractivity contribution is 5.18. The molecule has 0 spiro atoms. The summed E-state index contributed by atoms with van der Waals surface area (Å²) < 4.78 is 7.90. The summed E-state index contributed by atoms with van der Waals surface area (Å²) in [5, 5.41) is 3.47. The van der Waals surface area contributed by atoms with Gasteiger partial charge in [0.15, 0.2) is 0 Å². The highest BCUT2D eigenvalue weighted by Gasteiger charge is 2.35. The van der Waals surface area contributed by atoms with Crippen molar-refractivity contribution in [3.63, 3.8) is 0 Å². The van der Waals surface area contributed by atoms with Crippen molar-refractivity contribution >= 4 is 0 Å². The average Bonchev–Trinajstić information content (AvgIpc) is 3.10. The van der Waals surface area contributed by atoms with Gasteiger partial charge >= 0.3 is 0 Å². The Balaban J connectivity index is 1.86. The van der Waals surface area contributed by atoms with E-state index in [1.54, 1.807) is 0 Å². The SMILES string of the molecule is CC(C1CCOC1)n1cncc1C1(C)CCNC1. The quantitative estimate of drug-likeness (QED) is 0.886. The number of hydrogen-bond acceptors (Lipinski definition) is 3.